The molecule has 0 fully saturated rings. The van der Waals surface area contributed by atoms with E-state index in [9.17, 15) is 0 Å². The van der Waals surface area contributed by atoms with Crippen molar-refractivity contribution in [3.63, 3.8) is 0 Å². The van der Waals surface area contributed by atoms with Crippen LogP contribution in [0.1, 0.15) is 86.5 Å². The summed E-state index contributed by atoms with van der Waals surface area (Å²) in [5.41, 5.74) is 0.524. The molecule has 0 aromatic carbocycles. The van der Waals surface area contributed by atoms with Crippen molar-refractivity contribution in [1.82, 2.24) is 0 Å². The second kappa shape index (κ2) is 8.14. The maximum absolute atomic E-state index is 2.48. The van der Waals surface area contributed by atoms with E-state index in [2.05, 4.69) is 41.5 Å². The Morgan fingerprint density at radius 3 is 1.94 bits per heavy atom. The Labute approximate surface area is 104 Å². The van der Waals surface area contributed by atoms with Crippen molar-refractivity contribution in [2.45, 2.75) is 86.5 Å². The summed E-state index contributed by atoms with van der Waals surface area (Å²) in [6.45, 7) is 14.4. The van der Waals surface area contributed by atoms with E-state index in [-0.39, 0.29) is 0 Å². The van der Waals surface area contributed by atoms with Crippen LogP contribution in [0.5, 0.6) is 0 Å². The van der Waals surface area contributed by atoms with E-state index in [1.807, 2.05) is 0 Å². The van der Waals surface area contributed by atoms with Crippen LogP contribution in [0.4, 0.5) is 0 Å². The topological polar surface area (TPSA) is 0 Å². The molecule has 0 heterocycles. The molecule has 0 N–H and O–H groups in total. The monoisotopic (exact) mass is 226 g/mol. The van der Waals surface area contributed by atoms with Gasteiger partial charge in [0.15, 0.2) is 0 Å². The normalized spacial score (nSPS) is 16.1. The maximum atomic E-state index is 2.48. The molecule has 0 spiro atoms. The van der Waals surface area contributed by atoms with Crippen LogP contribution in [0.25, 0.3) is 0 Å². The van der Waals surface area contributed by atoms with E-state index in [0.717, 1.165) is 11.8 Å². The third-order valence-corrected chi connectivity index (χ3v) is 4.83. The molecule has 0 aromatic rings. The summed E-state index contributed by atoms with van der Waals surface area (Å²) in [6, 6.07) is 0. The zero-order chi connectivity index (χ0) is 12.6. The van der Waals surface area contributed by atoms with E-state index in [0.29, 0.717) is 5.41 Å². The minimum Gasteiger partial charge on any atom is -0.0654 e. The lowest BCUT2D eigenvalue weighted by Gasteiger charge is -2.39. The van der Waals surface area contributed by atoms with Gasteiger partial charge in [0.05, 0.1) is 0 Å². The first-order valence-electron chi connectivity index (χ1n) is 7.50. The van der Waals surface area contributed by atoms with Crippen LogP contribution in [-0.4, -0.2) is 0 Å². The Kier molecular flexibility index (Phi) is 8.14. The average molecular weight is 226 g/mol. The highest BCUT2D eigenvalue weighted by atomic mass is 14.4. The lowest BCUT2D eigenvalue weighted by atomic mass is 9.66. The summed E-state index contributed by atoms with van der Waals surface area (Å²) in [4.78, 5) is 0. The van der Waals surface area contributed by atoms with Crippen molar-refractivity contribution in [2.75, 3.05) is 0 Å². The second-order valence-corrected chi connectivity index (χ2v) is 6.09. The first-order chi connectivity index (χ1) is 7.50. The average Bonchev–Trinajstić information content (AvgIpc) is 2.27. The lowest BCUT2D eigenvalue weighted by molar-refractivity contribution is 0.108. The molecule has 0 heteroatoms. The zero-order valence-electron chi connectivity index (χ0n) is 12.6. The van der Waals surface area contributed by atoms with Gasteiger partial charge in [0.2, 0.25) is 0 Å². The van der Waals surface area contributed by atoms with E-state index in [1.54, 1.807) is 0 Å². The molecular formula is C16H34. The van der Waals surface area contributed by atoms with Crippen LogP contribution in [0.2, 0.25) is 0 Å². The van der Waals surface area contributed by atoms with Crippen LogP contribution in [0.15, 0.2) is 0 Å². The summed E-state index contributed by atoms with van der Waals surface area (Å²) in [7, 11) is 0. The molecule has 0 aliphatic carbocycles. The molecule has 0 bridgehead atoms. The Bertz CT molecular complexity index is 157. The lowest BCUT2D eigenvalue weighted by Crippen LogP contribution is -2.30. The number of hydrogen-bond acceptors (Lipinski definition) is 0. The first-order valence-corrected chi connectivity index (χ1v) is 7.50. The second-order valence-electron chi connectivity index (χ2n) is 6.09. The van der Waals surface area contributed by atoms with Gasteiger partial charge in [0, 0.05) is 0 Å². The van der Waals surface area contributed by atoms with Crippen LogP contribution < -0.4 is 0 Å². The van der Waals surface area contributed by atoms with Crippen molar-refractivity contribution in [1.29, 1.82) is 0 Å². The van der Waals surface area contributed by atoms with Gasteiger partial charge in [-0.15, -0.1) is 0 Å². The van der Waals surface area contributed by atoms with Crippen LogP contribution in [0.3, 0.4) is 0 Å². The predicted octanol–water partition coefficient (Wildman–Crippen LogP) is 6.06. The third-order valence-electron chi connectivity index (χ3n) is 4.83. The molecule has 0 saturated heterocycles. The maximum Gasteiger partial charge on any atom is -0.0300 e. The van der Waals surface area contributed by atoms with Gasteiger partial charge in [-0.1, -0.05) is 80.1 Å². The number of rotatable bonds is 9. The molecule has 0 saturated carbocycles. The van der Waals surface area contributed by atoms with Gasteiger partial charge in [-0.3, -0.25) is 0 Å². The summed E-state index contributed by atoms with van der Waals surface area (Å²) < 4.78 is 0. The highest BCUT2D eigenvalue weighted by molar-refractivity contribution is 4.81. The van der Waals surface area contributed by atoms with Crippen molar-refractivity contribution in [3.05, 3.63) is 0 Å². The Balaban J connectivity index is 4.14. The zero-order valence-corrected chi connectivity index (χ0v) is 12.6. The Morgan fingerprint density at radius 1 is 0.875 bits per heavy atom. The molecule has 98 valence electrons. The van der Waals surface area contributed by atoms with E-state index < -0.39 is 0 Å². The Morgan fingerprint density at radius 2 is 1.50 bits per heavy atom. The number of unbranched alkanes of at least 4 members (excludes halogenated alkanes) is 3. The first kappa shape index (κ1) is 16.0. The van der Waals surface area contributed by atoms with Crippen molar-refractivity contribution in [2.24, 2.45) is 17.3 Å². The molecule has 0 aromatic heterocycles. The van der Waals surface area contributed by atoms with Gasteiger partial charge in [-0.25, -0.2) is 0 Å². The quantitative estimate of drug-likeness (QED) is 0.419. The molecule has 0 rings (SSSR count). The summed E-state index contributed by atoms with van der Waals surface area (Å²) >= 11 is 0. The van der Waals surface area contributed by atoms with Crippen molar-refractivity contribution in [3.8, 4) is 0 Å². The molecule has 0 amide bonds. The van der Waals surface area contributed by atoms with Gasteiger partial charge in [0.1, 0.15) is 0 Å². The smallest absolute Gasteiger partial charge is 0.0300 e. The highest BCUT2D eigenvalue weighted by Gasteiger charge is 2.31. The van der Waals surface area contributed by atoms with Crippen molar-refractivity contribution < 1.29 is 0 Å². The SMILES string of the molecule is CCCCCCC(CC)C(C)(C)C(C)CC. The van der Waals surface area contributed by atoms with Gasteiger partial charge in [-0.05, 0) is 23.7 Å². The summed E-state index contributed by atoms with van der Waals surface area (Å²) in [5.74, 6) is 1.77. The van der Waals surface area contributed by atoms with Crippen molar-refractivity contribution >= 4 is 0 Å². The molecule has 0 aliphatic rings. The molecule has 2 unspecified atom stereocenters. The Hall–Kier alpha value is 0. The molecule has 0 radical (unpaired) electrons. The summed E-state index contributed by atoms with van der Waals surface area (Å²) in [6.07, 6.45) is 9.75. The molecule has 2 atom stereocenters. The fraction of sp³-hybridized carbons (Fsp3) is 1.00. The fourth-order valence-electron chi connectivity index (χ4n) is 2.85. The van der Waals surface area contributed by atoms with E-state index in [4.69, 9.17) is 0 Å². The molecular weight excluding hydrogens is 192 g/mol. The molecule has 0 nitrogen and oxygen atoms in total. The standard InChI is InChI=1S/C16H34/c1-7-10-11-12-13-15(9-3)16(5,6)14(4)8-2/h14-15H,7-13H2,1-6H3. The fourth-order valence-corrected chi connectivity index (χ4v) is 2.85. The minimum atomic E-state index is 0.524. The largest absolute Gasteiger partial charge is 0.0654 e. The number of hydrogen-bond donors (Lipinski definition) is 0. The van der Waals surface area contributed by atoms with Gasteiger partial charge in [0.25, 0.3) is 0 Å². The van der Waals surface area contributed by atoms with Gasteiger partial charge < -0.3 is 0 Å². The molecule has 16 heavy (non-hydrogen) atoms. The van der Waals surface area contributed by atoms with Crippen LogP contribution >= 0.6 is 0 Å². The van der Waals surface area contributed by atoms with Gasteiger partial charge >= 0.3 is 0 Å². The predicted molar refractivity (Wildman–Crippen MR) is 75.8 cm³/mol. The summed E-state index contributed by atoms with van der Waals surface area (Å²) in [5, 5.41) is 0. The third kappa shape index (κ3) is 4.89. The van der Waals surface area contributed by atoms with E-state index in [1.165, 1.54) is 44.9 Å². The minimum absolute atomic E-state index is 0.524. The van der Waals surface area contributed by atoms with Gasteiger partial charge in [-0.2, -0.15) is 0 Å². The van der Waals surface area contributed by atoms with E-state index >= 15 is 0 Å². The van der Waals surface area contributed by atoms with Crippen LogP contribution in [-0.2, 0) is 0 Å². The van der Waals surface area contributed by atoms with Crippen LogP contribution in [0, 0.1) is 17.3 Å². The molecule has 0 aliphatic heterocycles. The highest BCUT2D eigenvalue weighted by Crippen LogP contribution is 2.41.